The van der Waals surface area contributed by atoms with Crippen LogP contribution in [-0.2, 0) is 6.42 Å². The number of aromatic nitrogens is 1. The molecule has 6 heteroatoms. The number of rotatable bonds is 7. The van der Waals surface area contributed by atoms with E-state index in [0.717, 1.165) is 66.7 Å². The predicted octanol–water partition coefficient (Wildman–Crippen LogP) is 6.51. The summed E-state index contributed by atoms with van der Waals surface area (Å²) < 4.78 is 33.4. The lowest BCUT2D eigenvalue weighted by Crippen LogP contribution is -2.37. The average molecular weight is 453 g/mol. The lowest BCUT2D eigenvalue weighted by atomic mass is 9.90. The Bertz CT molecular complexity index is 1180. The van der Waals surface area contributed by atoms with Crippen LogP contribution in [0.5, 0.6) is 5.75 Å². The summed E-state index contributed by atoms with van der Waals surface area (Å²) in [6.07, 6.45) is 5.25. The zero-order chi connectivity index (χ0) is 21.9. The predicted molar refractivity (Wildman–Crippen MR) is 126 cm³/mol. The highest BCUT2D eigenvalue weighted by Gasteiger charge is 2.21. The fraction of sp³-hybridized carbons (Fsp3) is 0.308. The Balaban J connectivity index is 1.13. The first-order valence-electron chi connectivity index (χ1n) is 11.1. The van der Waals surface area contributed by atoms with Gasteiger partial charge in [0.05, 0.1) is 0 Å². The number of hydrogen-bond donors (Lipinski definition) is 1. The molecule has 5 rings (SSSR count). The van der Waals surface area contributed by atoms with Gasteiger partial charge in [-0.1, -0.05) is 0 Å². The topological polar surface area (TPSA) is 28.3 Å². The third-order valence-corrected chi connectivity index (χ3v) is 7.07. The number of ether oxygens (including phenoxy) is 1. The summed E-state index contributed by atoms with van der Waals surface area (Å²) in [4.78, 5) is 5.69. The van der Waals surface area contributed by atoms with E-state index in [4.69, 9.17) is 4.74 Å². The van der Waals surface area contributed by atoms with Gasteiger partial charge in [0.2, 0.25) is 0 Å². The monoisotopic (exact) mass is 452 g/mol. The zero-order valence-electron chi connectivity index (χ0n) is 17.8. The van der Waals surface area contributed by atoms with Gasteiger partial charge in [0.25, 0.3) is 0 Å². The molecule has 2 aromatic carbocycles. The highest BCUT2D eigenvalue weighted by Crippen LogP contribution is 2.32. The molecule has 0 radical (unpaired) electrons. The Morgan fingerprint density at radius 3 is 2.66 bits per heavy atom. The van der Waals surface area contributed by atoms with Gasteiger partial charge in [-0.2, -0.15) is 11.3 Å². The number of hydrogen-bond acceptors (Lipinski definition) is 3. The number of nitrogens with one attached hydrogen (secondary N) is 1. The van der Waals surface area contributed by atoms with Crippen LogP contribution in [0.4, 0.5) is 8.78 Å². The van der Waals surface area contributed by atoms with Crippen LogP contribution in [0.2, 0.25) is 0 Å². The van der Waals surface area contributed by atoms with E-state index in [9.17, 15) is 8.78 Å². The fourth-order valence-electron chi connectivity index (χ4n) is 4.60. The number of aromatic amines is 1. The summed E-state index contributed by atoms with van der Waals surface area (Å²) in [5.74, 6) is 0.901. The maximum absolute atomic E-state index is 13.7. The van der Waals surface area contributed by atoms with Crippen molar-refractivity contribution < 1.29 is 13.5 Å². The fourth-order valence-corrected chi connectivity index (χ4v) is 5.26. The third-order valence-electron chi connectivity index (χ3n) is 6.38. The van der Waals surface area contributed by atoms with Gasteiger partial charge < -0.3 is 9.72 Å². The van der Waals surface area contributed by atoms with E-state index in [2.05, 4.69) is 9.88 Å². The van der Waals surface area contributed by atoms with Gasteiger partial charge >= 0.3 is 0 Å². The van der Waals surface area contributed by atoms with Crippen molar-refractivity contribution in [1.29, 1.82) is 0 Å². The minimum Gasteiger partial charge on any atom is -0.492 e. The first-order chi connectivity index (χ1) is 15.7. The van der Waals surface area contributed by atoms with Crippen LogP contribution in [0.15, 0.2) is 59.4 Å². The summed E-state index contributed by atoms with van der Waals surface area (Å²) >= 11 is 1.59. The van der Waals surface area contributed by atoms with Crippen LogP contribution >= 0.6 is 11.3 Å². The van der Waals surface area contributed by atoms with Gasteiger partial charge in [-0.05, 0) is 103 Å². The molecule has 32 heavy (non-hydrogen) atoms. The molecule has 3 nitrogen and oxygen atoms in total. The molecular weight excluding hydrogens is 426 g/mol. The molecule has 2 aromatic heterocycles. The largest absolute Gasteiger partial charge is 0.492 e. The lowest BCUT2D eigenvalue weighted by molar-refractivity contribution is 0.155. The zero-order valence-corrected chi connectivity index (χ0v) is 18.6. The molecule has 4 aromatic rings. The molecule has 0 amide bonds. The van der Waals surface area contributed by atoms with E-state index in [1.54, 1.807) is 29.5 Å². The van der Waals surface area contributed by atoms with Gasteiger partial charge in [-0.3, -0.25) is 4.90 Å². The van der Waals surface area contributed by atoms with E-state index in [-0.39, 0.29) is 11.6 Å². The van der Waals surface area contributed by atoms with Crippen LogP contribution in [0, 0.1) is 17.6 Å². The molecule has 0 bridgehead atoms. The number of benzene rings is 2. The second-order valence-corrected chi connectivity index (χ2v) is 9.27. The molecule has 0 atom stereocenters. The van der Waals surface area contributed by atoms with E-state index in [1.807, 2.05) is 29.1 Å². The van der Waals surface area contributed by atoms with Crippen LogP contribution in [0.1, 0.15) is 18.4 Å². The van der Waals surface area contributed by atoms with Crippen molar-refractivity contribution in [2.75, 3.05) is 26.2 Å². The maximum atomic E-state index is 13.7. The van der Waals surface area contributed by atoms with E-state index >= 15 is 0 Å². The molecule has 1 aliphatic rings. The van der Waals surface area contributed by atoms with Gasteiger partial charge in [0.1, 0.15) is 24.0 Å². The van der Waals surface area contributed by atoms with Crippen molar-refractivity contribution >= 4 is 22.2 Å². The average Bonchev–Trinajstić information content (AvgIpc) is 3.46. The Kier molecular flexibility index (Phi) is 6.23. The van der Waals surface area contributed by atoms with Gasteiger partial charge in [0.15, 0.2) is 0 Å². The third kappa shape index (κ3) is 4.71. The number of likely N-dealkylation sites (tertiary alicyclic amines) is 1. The van der Waals surface area contributed by atoms with Crippen molar-refractivity contribution in [3.8, 4) is 16.9 Å². The number of halogens is 2. The van der Waals surface area contributed by atoms with Gasteiger partial charge in [-0.15, -0.1) is 0 Å². The molecule has 3 heterocycles. The first kappa shape index (κ1) is 21.2. The number of H-pyrrole nitrogens is 1. The summed E-state index contributed by atoms with van der Waals surface area (Å²) in [6, 6.07) is 11.6. The standard InChI is InChI=1S/C26H26F2N2OS/c27-21-1-3-25-23(14-21)20(16-29-25)13-18-5-8-30(9-6-18)10-11-31-26-4-2-22(28)15-24(26)19-7-12-32-17-19/h1-4,7,12,14-18,29H,5-6,8-11,13H2. The van der Waals surface area contributed by atoms with Gasteiger partial charge in [0, 0.05) is 29.2 Å². The Hall–Kier alpha value is -2.70. The van der Waals surface area contributed by atoms with Crippen LogP contribution in [0.25, 0.3) is 22.0 Å². The van der Waals surface area contributed by atoms with Crippen molar-refractivity contribution in [1.82, 2.24) is 9.88 Å². The molecule has 0 aliphatic carbocycles. The van der Waals surface area contributed by atoms with Crippen molar-refractivity contribution in [3.05, 3.63) is 76.6 Å². The Morgan fingerprint density at radius 2 is 1.84 bits per heavy atom. The lowest BCUT2D eigenvalue weighted by Gasteiger charge is -2.31. The van der Waals surface area contributed by atoms with Crippen LogP contribution in [0.3, 0.4) is 0 Å². The second kappa shape index (κ2) is 9.43. The highest BCUT2D eigenvalue weighted by molar-refractivity contribution is 7.08. The molecule has 1 aliphatic heterocycles. The number of piperidine rings is 1. The molecule has 0 unspecified atom stereocenters. The molecule has 1 fully saturated rings. The minimum absolute atomic E-state index is 0.184. The highest BCUT2D eigenvalue weighted by atomic mass is 32.1. The normalized spacial score (nSPS) is 15.4. The van der Waals surface area contributed by atoms with E-state index < -0.39 is 0 Å². The van der Waals surface area contributed by atoms with E-state index in [1.165, 1.54) is 17.7 Å². The van der Waals surface area contributed by atoms with E-state index in [0.29, 0.717) is 12.5 Å². The van der Waals surface area contributed by atoms with Crippen molar-refractivity contribution in [2.45, 2.75) is 19.3 Å². The molecule has 1 N–H and O–H groups in total. The number of thiophene rings is 1. The Labute approximate surface area is 190 Å². The molecule has 1 saturated heterocycles. The van der Waals surface area contributed by atoms with Crippen LogP contribution < -0.4 is 4.74 Å². The number of nitrogens with zero attached hydrogens (tertiary/aromatic N) is 1. The second-order valence-electron chi connectivity index (χ2n) is 8.49. The van der Waals surface area contributed by atoms with Crippen molar-refractivity contribution in [3.63, 3.8) is 0 Å². The molecule has 0 spiro atoms. The first-order valence-corrected chi connectivity index (χ1v) is 12.0. The molecular formula is C26H26F2N2OS. The number of fused-ring (bicyclic) bond motifs is 1. The molecule has 166 valence electrons. The summed E-state index contributed by atoms with van der Waals surface area (Å²) in [7, 11) is 0. The van der Waals surface area contributed by atoms with Gasteiger partial charge in [-0.25, -0.2) is 8.78 Å². The minimum atomic E-state index is -0.251. The maximum Gasteiger partial charge on any atom is 0.127 e. The van der Waals surface area contributed by atoms with Crippen LogP contribution in [-0.4, -0.2) is 36.1 Å². The SMILES string of the molecule is Fc1ccc(OCCN2CCC(Cc3c[nH]c4ccc(F)cc34)CC2)c(-c2ccsc2)c1. The summed E-state index contributed by atoms with van der Waals surface area (Å²) in [6.45, 7) is 3.50. The smallest absolute Gasteiger partial charge is 0.127 e. The quantitative estimate of drug-likeness (QED) is 0.346. The molecule has 0 saturated carbocycles. The van der Waals surface area contributed by atoms with Crippen molar-refractivity contribution in [2.24, 2.45) is 5.92 Å². The summed E-state index contributed by atoms with van der Waals surface area (Å²) in [5, 5.41) is 5.00. The Morgan fingerprint density at radius 1 is 1.03 bits per heavy atom. The summed E-state index contributed by atoms with van der Waals surface area (Å²) in [5.41, 5.74) is 4.00.